The molecule has 0 spiro atoms. The molecule has 2 amide bonds. The van der Waals surface area contributed by atoms with Crippen LogP contribution < -0.4 is 5.32 Å². The van der Waals surface area contributed by atoms with Crippen molar-refractivity contribution in [2.24, 2.45) is 0 Å². The summed E-state index contributed by atoms with van der Waals surface area (Å²) in [6, 6.07) is 9.44. The van der Waals surface area contributed by atoms with E-state index < -0.39 is 0 Å². The van der Waals surface area contributed by atoms with Gasteiger partial charge in [0.1, 0.15) is 16.6 Å². The molecule has 1 aromatic carbocycles. The zero-order valence-corrected chi connectivity index (χ0v) is 17.8. The normalized spacial score (nSPS) is 14.6. The smallest absolute Gasteiger partial charge is 0.289 e. The highest BCUT2D eigenvalue weighted by Gasteiger charge is 2.25. The van der Waals surface area contributed by atoms with Crippen molar-refractivity contribution in [3.8, 4) is 0 Å². The van der Waals surface area contributed by atoms with Gasteiger partial charge in [0.2, 0.25) is 5.01 Å². The highest BCUT2D eigenvalue weighted by molar-refractivity contribution is 7.13. The fourth-order valence-corrected chi connectivity index (χ4v) is 4.07. The molecule has 1 aliphatic rings. The number of carbonyl (C=O) groups excluding carboxylic acids is 2. The van der Waals surface area contributed by atoms with Crippen LogP contribution in [0.4, 0.5) is 4.39 Å². The molecule has 0 radical (unpaired) electrons. The maximum atomic E-state index is 13.0. The summed E-state index contributed by atoms with van der Waals surface area (Å²) in [5.74, 6) is 0.369. The van der Waals surface area contributed by atoms with Crippen LogP contribution in [0.25, 0.3) is 0 Å². The monoisotopic (exact) mass is 443 g/mol. The molecule has 1 aliphatic heterocycles. The number of furan rings is 1. The first-order valence-electron chi connectivity index (χ1n) is 9.91. The zero-order valence-electron chi connectivity index (χ0n) is 17.0. The third-order valence-electron chi connectivity index (χ3n) is 5.00. The van der Waals surface area contributed by atoms with Gasteiger partial charge in [0.25, 0.3) is 11.8 Å². The lowest BCUT2D eigenvalue weighted by Crippen LogP contribution is -2.48. The van der Waals surface area contributed by atoms with E-state index in [1.54, 1.807) is 29.2 Å². The van der Waals surface area contributed by atoms with Gasteiger partial charge in [0.05, 0.1) is 6.54 Å². The molecule has 0 unspecified atom stereocenters. The number of hydrogen-bond acceptors (Lipinski definition) is 7. The van der Waals surface area contributed by atoms with E-state index in [1.807, 2.05) is 6.92 Å². The Morgan fingerprint density at radius 1 is 1.10 bits per heavy atom. The van der Waals surface area contributed by atoms with Crippen LogP contribution in [0.15, 0.2) is 40.8 Å². The minimum absolute atomic E-state index is 0.0937. The fraction of sp³-hybridized carbons (Fsp3) is 0.333. The first kappa shape index (κ1) is 21.1. The molecule has 2 aromatic heterocycles. The summed E-state index contributed by atoms with van der Waals surface area (Å²) in [5.41, 5.74) is 0.802. The van der Waals surface area contributed by atoms with E-state index in [0.717, 1.165) is 16.3 Å². The van der Waals surface area contributed by atoms with Crippen LogP contribution in [-0.4, -0.2) is 58.0 Å². The number of nitrogens with zero attached hydrogens (tertiary/aromatic N) is 4. The van der Waals surface area contributed by atoms with Gasteiger partial charge in [-0.2, -0.15) is 0 Å². The van der Waals surface area contributed by atoms with Crippen molar-refractivity contribution in [3.05, 3.63) is 69.3 Å². The molecular weight excluding hydrogens is 421 g/mol. The summed E-state index contributed by atoms with van der Waals surface area (Å²) in [6.45, 7) is 5.29. The van der Waals surface area contributed by atoms with Crippen LogP contribution in [0.5, 0.6) is 0 Å². The Morgan fingerprint density at radius 2 is 1.84 bits per heavy atom. The number of piperazine rings is 1. The van der Waals surface area contributed by atoms with E-state index in [1.165, 1.54) is 23.5 Å². The fourth-order valence-electron chi connectivity index (χ4n) is 3.28. The van der Waals surface area contributed by atoms with E-state index in [9.17, 15) is 14.0 Å². The predicted octanol–water partition coefficient (Wildman–Crippen LogP) is 2.47. The topological polar surface area (TPSA) is 91.6 Å². The molecule has 1 N–H and O–H groups in total. The SMILES string of the molecule is Cc1ccc(C(=O)N2CCN(Cc3nnc(C(=O)NCc4ccc(F)cc4)s3)CC2)o1. The number of carbonyl (C=O) groups is 2. The molecule has 0 saturated carbocycles. The highest BCUT2D eigenvalue weighted by Crippen LogP contribution is 2.16. The molecule has 31 heavy (non-hydrogen) atoms. The number of nitrogens with one attached hydrogen (secondary N) is 1. The lowest BCUT2D eigenvalue weighted by molar-refractivity contribution is 0.0596. The summed E-state index contributed by atoms with van der Waals surface area (Å²) in [4.78, 5) is 28.7. The molecule has 3 aromatic rings. The summed E-state index contributed by atoms with van der Waals surface area (Å²) < 4.78 is 18.4. The minimum Gasteiger partial charge on any atom is -0.456 e. The minimum atomic E-state index is -0.315. The van der Waals surface area contributed by atoms with Crippen LogP contribution in [-0.2, 0) is 13.1 Å². The van der Waals surface area contributed by atoms with Gasteiger partial charge < -0.3 is 14.6 Å². The van der Waals surface area contributed by atoms with Crippen molar-refractivity contribution in [2.75, 3.05) is 26.2 Å². The third-order valence-corrected chi connectivity index (χ3v) is 5.90. The van der Waals surface area contributed by atoms with Crippen molar-refractivity contribution in [2.45, 2.75) is 20.0 Å². The van der Waals surface area contributed by atoms with Gasteiger partial charge in [0, 0.05) is 32.7 Å². The Balaban J connectivity index is 1.25. The Kier molecular flexibility index (Phi) is 6.38. The number of rotatable bonds is 6. The van der Waals surface area contributed by atoms with Gasteiger partial charge in [0.15, 0.2) is 5.76 Å². The zero-order chi connectivity index (χ0) is 21.8. The molecule has 0 aliphatic carbocycles. The third kappa shape index (κ3) is 5.33. The molecule has 10 heteroatoms. The van der Waals surface area contributed by atoms with Crippen LogP contribution in [0.2, 0.25) is 0 Å². The number of hydrogen-bond donors (Lipinski definition) is 1. The molecule has 0 atom stereocenters. The van der Waals surface area contributed by atoms with Crippen LogP contribution in [0.1, 0.15) is 36.7 Å². The van der Waals surface area contributed by atoms with Gasteiger partial charge in [-0.05, 0) is 36.8 Å². The van der Waals surface area contributed by atoms with Crippen LogP contribution >= 0.6 is 11.3 Å². The predicted molar refractivity (Wildman–Crippen MR) is 112 cm³/mol. The molecule has 4 rings (SSSR count). The molecule has 1 fully saturated rings. The van der Waals surface area contributed by atoms with Gasteiger partial charge in [-0.15, -0.1) is 10.2 Å². The number of amides is 2. The second kappa shape index (κ2) is 9.36. The van der Waals surface area contributed by atoms with Crippen LogP contribution in [0, 0.1) is 12.7 Å². The maximum Gasteiger partial charge on any atom is 0.289 e. The lowest BCUT2D eigenvalue weighted by atomic mass is 10.2. The first-order valence-corrected chi connectivity index (χ1v) is 10.7. The Morgan fingerprint density at radius 3 is 2.52 bits per heavy atom. The van der Waals surface area contributed by atoms with Gasteiger partial charge in [-0.3, -0.25) is 14.5 Å². The van der Waals surface area contributed by atoms with Crippen molar-refractivity contribution in [1.29, 1.82) is 0 Å². The van der Waals surface area contributed by atoms with E-state index in [4.69, 9.17) is 4.42 Å². The summed E-state index contributed by atoms with van der Waals surface area (Å²) in [7, 11) is 0. The lowest BCUT2D eigenvalue weighted by Gasteiger charge is -2.33. The number of aromatic nitrogens is 2. The van der Waals surface area contributed by atoms with E-state index in [-0.39, 0.29) is 17.6 Å². The summed E-state index contributed by atoms with van der Waals surface area (Å²) >= 11 is 1.25. The molecule has 0 bridgehead atoms. The quantitative estimate of drug-likeness (QED) is 0.629. The average Bonchev–Trinajstić information content (AvgIpc) is 3.42. The highest BCUT2D eigenvalue weighted by atomic mass is 32.1. The second-order valence-electron chi connectivity index (χ2n) is 7.29. The Bertz CT molecular complexity index is 1060. The van der Waals surface area contributed by atoms with E-state index in [0.29, 0.717) is 50.0 Å². The standard InChI is InChI=1S/C21H22FN5O3S/c1-14-2-7-17(30-14)21(29)27-10-8-26(9-11-27)13-18-24-25-20(31-18)19(28)23-12-15-3-5-16(22)6-4-15/h2-7H,8-13H2,1H3,(H,23,28). The van der Waals surface area contributed by atoms with Gasteiger partial charge in [-0.25, -0.2) is 4.39 Å². The van der Waals surface area contributed by atoms with Gasteiger partial charge >= 0.3 is 0 Å². The maximum absolute atomic E-state index is 13.0. The molecule has 3 heterocycles. The largest absolute Gasteiger partial charge is 0.456 e. The number of benzene rings is 1. The Labute approximate surface area is 182 Å². The summed E-state index contributed by atoms with van der Waals surface area (Å²) in [5, 5.41) is 11.9. The van der Waals surface area contributed by atoms with Crippen molar-refractivity contribution in [3.63, 3.8) is 0 Å². The molecule has 162 valence electrons. The van der Waals surface area contributed by atoms with E-state index >= 15 is 0 Å². The van der Waals surface area contributed by atoms with Crippen LogP contribution in [0.3, 0.4) is 0 Å². The molecule has 1 saturated heterocycles. The second-order valence-corrected chi connectivity index (χ2v) is 8.35. The van der Waals surface area contributed by atoms with Crippen molar-refractivity contribution in [1.82, 2.24) is 25.3 Å². The molecular formula is C21H22FN5O3S. The summed E-state index contributed by atoms with van der Waals surface area (Å²) in [6.07, 6.45) is 0. The van der Waals surface area contributed by atoms with Gasteiger partial charge in [-0.1, -0.05) is 23.5 Å². The van der Waals surface area contributed by atoms with Crippen molar-refractivity contribution < 1.29 is 18.4 Å². The molecule has 8 nitrogen and oxygen atoms in total. The Hall–Kier alpha value is -3.11. The van der Waals surface area contributed by atoms with Crippen molar-refractivity contribution >= 4 is 23.2 Å². The number of aryl methyl sites for hydroxylation is 1. The first-order chi connectivity index (χ1) is 15.0. The average molecular weight is 444 g/mol. The van der Waals surface area contributed by atoms with E-state index in [2.05, 4.69) is 20.4 Å². The number of halogens is 1.